The largest absolute Gasteiger partial charge is 0.341 e. The maximum absolute atomic E-state index is 12.4. The van der Waals surface area contributed by atoms with Crippen LogP contribution in [0.5, 0.6) is 0 Å². The fourth-order valence-corrected chi connectivity index (χ4v) is 4.40. The van der Waals surface area contributed by atoms with Crippen molar-refractivity contribution >= 4 is 5.91 Å². The smallest absolute Gasteiger partial charge is 0.225 e. The summed E-state index contributed by atoms with van der Waals surface area (Å²) in [5.74, 6) is 0.762. The minimum absolute atomic E-state index is 0.260. The Balaban J connectivity index is 1.62. The average Bonchev–Trinajstić information content (AvgIpc) is 3.33. The van der Waals surface area contributed by atoms with Crippen LogP contribution in [-0.2, 0) is 10.2 Å². The number of fused-ring (bicyclic) bond motifs is 1. The van der Waals surface area contributed by atoms with Crippen LogP contribution in [0.2, 0.25) is 0 Å². The Morgan fingerprint density at radius 3 is 2.57 bits per heavy atom. The van der Waals surface area contributed by atoms with E-state index in [1.165, 1.54) is 12.0 Å². The van der Waals surface area contributed by atoms with Crippen molar-refractivity contribution in [2.24, 2.45) is 5.92 Å². The Kier molecular flexibility index (Phi) is 3.07. The second-order valence-electron chi connectivity index (χ2n) is 7.08. The van der Waals surface area contributed by atoms with E-state index in [-0.39, 0.29) is 5.41 Å². The number of likely N-dealkylation sites (tertiary alicyclic amines) is 2. The minimum Gasteiger partial charge on any atom is -0.341 e. The highest BCUT2D eigenvalue weighted by Gasteiger charge is 2.51. The molecule has 3 nitrogen and oxygen atoms in total. The van der Waals surface area contributed by atoms with E-state index in [2.05, 4.69) is 47.2 Å². The Morgan fingerprint density at radius 2 is 1.86 bits per heavy atom. The van der Waals surface area contributed by atoms with Gasteiger partial charge in [0.25, 0.3) is 0 Å². The van der Waals surface area contributed by atoms with E-state index in [1.807, 2.05) is 0 Å². The summed E-state index contributed by atoms with van der Waals surface area (Å²) >= 11 is 0. The molecule has 4 rings (SSSR count). The molecule has 1 aliphatic carbocycles. The number of hydrogen-bond donors (Lipinski definition) is 0. The normalized spacial score (nSPS) is 33.0. The van der Waals surface area contributed by atoms with E-state index in [9.17, 15) is 4.79 Å². The van der Waals surface area contributed by atoms with Gasteiger partial charge in [-0.2, -0.15) is 0 Å². The molecule has 1 amide bonds. The Hall–Kier alpha value is -1.35. The number of carbonyl (C=O) groups is 1. The molecule has 0 unspecified atom stereocenters. The maximum atomic E-state index is 12.4. The van der Waals surface area contributed by atoms with Crippen molar-refractivity contribution in [3.05, 3.63) is 35.9 Å². The van der Waals surface area contributed by atoms with Gasteiger partial charge < -0.3 is 9.80 Å². The summed E-state index contributed by atoms with van der Waals surface area (Å²) in [7, 11) is 2.22. The van der Waals surface area contributed by atoms with Crippen LogP contribution in [0.25, 0.3) is 0 Å². The van der Waals surface area contributed by atoms with Gasteiger partial charge in [0.05, 0.1) is 0 Å². The lowest BCUT2D eigenvalue weighted by atomic mass is 9.69. The van der Waals surface area contributed by atoms with Crippen LogP contribution in [0.4, 0.5) is 0 Å². The van der Waals surface area contributed by atoms with Gasteiger partial charge in [0.1, 0.15) is 0 Å². The zero-order valence-electron chi connectivity index (χ0n) is 12.8. The second-order valence-corrected chi connectivity index (χ2v) is 7.08. The third kappa shape index (κ3) is 2.10. The maximum Gasteiger partial charge on any atom is 0.225 e. The van der Waals surface area contributed by atoms with Crippen molar-refractivity contribution < 1.29 is 4.79 Å². The third-order valence-electron chi connectivity index (χ3n) is 5.89. The van der Waals surface area contributed by atoms with E-state index >= 15 is 0 Å². The first kappa shape index (κ1) is 13.3. The first-order chi connectivity index (χ1) is 10.2. The lowest BCUT2D eigenvalue weighted by molar-refractivity contribution is -0.135. The number of hydrogen-bond acceptors (Lipinski definition) is 2. The van der Waals surface area contributed by atoms with Crippen LogP contribution in [-0.4, -0.2) is 48.4 Å². The molecule has 0 N–H and O–H groups in total. The molecule has 2 saturated heterocycles. The summed E-state index contributed by atoms with van der Waals surface area (Å²) in [6, 6.07) is 11.5. The van der Waals surface area contributed by atoms with Crippen molar-refractivity contribution in [1.29, 1.82) is 0 Å². The fraction of sp³-hybridized carbons (Fsp3) is 0.611. The van der Waals surface area contributed by atoms with Gasteiger partial charge >= 0.3 is 0 Å². The van der Waals surface area contributed by atoms with E-state index in [1.54, 1.807) is 0 Å². The summed E-state index contributed by atoms with van der Waals surface area (Å²) in [6.07, 6.45) is 4.56. The molecule has 3 heteroatoms. The molecule has 0 bridgehead atoms. The summed E-state index contributed by atoms with van der Waals surface area (Å²) in [4.78, 5) is 17.0. The highest BCUT2D eigenvalue weighted by Crippen LogP contribution is 2.46. The van der Waals surface area contributed by atoms with Gasteiger partial charge in [-0.25, -0.2) is 0 Å². The molecule has 0 radical (unpaired) electrons. The van der Waals surface area contributed by atoms with Crippen molar-refractivity contribution in [2.75, 3.05) is 26.7 Å². The van der Waals surface area contributed by atoms with Crippen LogP contribution in [0.3, 0.4) is 0 Å². The topological polar surface area (TPSA) is 23.6 Å². The highest BCUT2D eigenvalue weighted by molar-refractivity contribution is 5.81. The molecule has 1 saturated carbocycles. The van der Waals surface area contributed by atoms with E-state index in [4.69, 9.17) is 0 Å². The predicted molar refractivity (Wildman–Crippen MR) is 83.1 cm³/mol. The lowest BCUT2D eigenvalue weighted by Gasteiger charge is -2.46. The number of likely N-dealkylation sites (N-methyl/N-ethyl adjacent to an activating group) is 1. The monoisotopic (exact) mass is 284 g/mol. The zero-order chi connectivity index (χ0) is 14.4. The molecule has 3 aliphatic rings. The number of carbonyl (C=O) groups excluding carboxylic acids is 1. The van der Waals surface area contributed by atoms with Gasteiger partial charge in [-0.05, 0) is 44.8 Å². The zero-order valence-corrected chi connectivity index (χ0v) is 12.8. The molecule has 112 valence electrons. The van der Waals surface area contributed by atoms with Crippen molar-refractivity contribution in [1.82, 2.24) is 9.80 Å². The fourth-order valence-electron chi connectivity index (χ4n) is 4.40. The van der Waals surface area contributed by atoms with E-state index < -0.39 is 0 Å². The molecule has 0 aromatic heterocycles. The number of nitrogens with zero attached hydrogens (tertiary/aromatic N) is 2. The van der Waals surface area contributed by atoms with Crippen LogP contribution in [0.15, 0.2) is 30.3 Å². The third-order valence-corrected chi connectivity index (χ3v) is 5.89. The van der Waals surface area contributed by atoms with Crippen LogP contribution < -0.4 is 0 Å². The van der Waals surface area contributed by atoms with Crippen molar-refractivity contribution in [2.45, 2.75) is 37.1 Å². The quantitative estimate of drug-likeness (QED) is 0.832. The molecular weight excluding hydrogens is 260 g/mol. The lowest BCUT2D eigenvalue weighted by Crippen LogP contribution is -2.56. The molecule has 1 aromatic carbocycles. The van der Waals surface area contributed by atoms with Gasteiger partial charge in [-0.3, -0.25) is 4.79 Å². The van der Waals surface area contributed by atoms with Crippen LogP contribution in [0, 0.1) is 5.92 Å². The van der Waals surface area contributed by atoms with Gasteiger partial charge in [0, 0.05) is 30.5 Å². The number of benzene rings is 1. The SMILES string of the molecule is CN1CC[C@]2(c3ccccc3)CCN(C(=O)C3CC3)C[C@H]12. The summed E-state index contributed by atoms with van der Waals surface area (Å²) in [5, 5.41) is 0. The Bertz CT molecular complexity index is 539. The van der Waals surface area contributed by atoms with Gasteiger partial charge in [-0.1, -0.05) is 30.3 Å². The Labute approximate surface area is 126 Å². The summed E-state index contributed by atoms with van der Waals surface area (Å²) < 4.78 is 0. The Morgan fingerprint density at radius 1 is 1.14 bits per heavy atom. The number of amides is 1. The van der Waals surface area contributed by atoms with Crippen molar-refractivity contribution in [3.63, 3.8) is 0 Å². The first-order valence-electron chi connectivity index (χ1n) is 8.25. The number of piperidine rings is 1. The molecule has 3 fully saturated rings. The molecule has 2 aliphatic heterocycles. The van der Waals surface area contributed by atoms with Gasteiger partial charge in [0.2, 0.25) is 5.91 Å². The van der Waals surface area contributed by atoms with Gasteiger partial charge in [0.15, 0.2) is 0 Å². The predicted octanol–water partition coefficient (Wildman–Crippen LogP) is 2.27. The molecule has 21 heavy (non-hydrogen) atoms. The van der Waals surface area contributed by atoms with E-state index in [0.717, 1.165) is 38.9 Å². The van der Waals surface area contributed by atoms with Gasteiger partial charge in [-0.15, -0.1) is 0 Å². The molecular formula is C18H24N2O. The summed E-state index contributed by atoms with van der Waals surface area (Å²) in [6.45, 7) is 3.00. The molecule has 2 heterocycles. The average molecular weight is 284 g/mol. The van der Waals surface area contributed by atoms with E-state index in [0.29, 0.717) is 17.9 Å². The van der Waals surface area contributed by atoms with Crippen molar-refractivity contribution in [3.8, 4) is 0 Å². The van der Waals surface area contributed by atoms with Crippen LogP contribution in [0.1, 0.15) is 31.2 Å². The first-order valence-corrected chi connectivity index (χ1v) is 8.25. The minimum atomic E-state index is 0.260. The molecule has 0 spiro atoms. The molecule has 2 atom stereocenters. The summed E-state index contributed by atoms with van der Waals surface area (Å²) in [5.41, 5.74) is 1.73. The highest BCUT2D eigenvalue weighted by atomic mass is 16.2. The second kappa shape index (κ2) is 4.84. The molecule has 1 aromatic rings. The van der Waals surface area contributed by atoms with Crippen LogP contribution >= 0.6 is 0 Å². The standard InChI is InChI=1S/C18H24N2O/c1-19-11-9-18(15-5-3-2-4-6-15)10-12-20(13-16(18)19)17(21)14-7-8-14/h2-6,14,16H,7-13H2,1H3/t16-,18+/m0/s1. The number of rotatable bonds is 2.